The van der Waals surface area contributed by atoms with Gasteiger partial charge in [0.2, 0.25) is 0 Å². The van der Waals surface area contributed by atoms with Crippen LogP contribution in [0.5, 0.6) is 0 Å². The van der Waals surface area contributed by atoms with Crippen LogP contribution in [0, 0.1) is 6.92 Å². The molecule has 6 heteroatoms. The molecule has 26 heavy (non-hydrogen) atoms. The number of carbonyl (C=O) groups is 1. The Morgan fingerprint density at radius 3 is 2.58 bits per heavy atom. The number of thiophene rings is 1. The second-order valence-corrected chi connectivity index (χ2v) is 7.68. The van der Waals surface area contributed by atoms with Gasteiger partial charge in [-0.3, -0.25) is 9.78 Å². The summed E-state index contributed by atoms with van der Waals surface area (Å²) in [5, 5.41) is 6.49. The minimum absolute atomic E-state index is 0.116. The standard InChI is InChI=1S/C20H15N3OS2/c1-13-6-8-14(9-7-13)17-20(23-18(24)16-5-3-11-25-16)26-19(22-17)15-4-2-10-21-12-15/h2-12H,1H3,(H,23,24). The Morgan fingerprint density at radius 1 is 1.04 bits per heavy atom. The molecule has 0 aliphatic heterocycles. The maximum absolute atomic E-state index is 12.5. The van der Waals surface area contributed by atoms with E-state index in [9.17, 15) is 4.79 Å². The highest BCUT2D eigenvalue weighted by Gasteiger charge is 2.17. The van der Waals surface area contributed by atoms with E-state index in [1.54, 1.807) is 12.4 Å². The molecular formula is C20H15N3OS2. The molecule has 0 spiro atoms. The van der Waals surface area contributed by atoms with Crippen LogP contribution in [-0.2, 0) is 0 Å². The SMILES string of the molecule is Cc1ccc(-c2nc(-c3cccnc3)sc2NC(=O)c2cccs2)cc1. The summed E-state index contributed by atoms with van der Waals surface area (Å²) in [5.74, 6) is -0.116. The Morgan fingerprint density at radius 2 is 1.88 bits per heavy atom. The van der Waals surface area contributed by atoms with Crippen molar-refractivity contribution in [3.8, 4) is 21.8 Å². The van der Waals surface area contributed by atoms with Crippen LogP contribution >= 0.6 is 22.7 Å². The average molecular weight is 377 g/mol. The van der Waals surface area contributed by atoms with Crippen molar-refractivity contribution >= 4 is 33.6 Å². The molecule has 0 aliphatic carbocycles. The molecule has 0 aliphatic rings. The van der Waals surface area contributed by atoms with E-state index in [0.717, 1.165) is 26.8 Å². The Labute approximate surface area is 159 Å². The summed E-state index contributed by atoms with van der Waals surface area (Å²) in [5.41, 5.74) is 3.87. The average Bonchev–Trinajstić information content (AvgIpc) is 3.33. The molecule has 3 aromatic heterocycles. The maximum atomic E-state index is 12.5. The second-order valence-electron chi connectivity index (χ2n) is 5.74. The first-order chi connectivity index (χ1) is 12.7. The number of hydrogen-bond acceptors (Lipinski definition) is 5. The largest absolute Gasteiger partial charge is 0.311 e. The lowest BCUT2D eigenvalue weighted by molar-refractivity contribution is 0.103. The van der Waals surface area contributed by atoms with Crippen molar-refractivity contribution in [2.75, 3.05) is 5.32 Å². The van der Waals surface area contributed by atoms with Crippen molar-refractivity contribution in [3.05, 3.63) is 76.7 Å². The van der Waals surface area contributed by atoms with Crippen LogP contribution in [-0.4, -0.2) is 15.9 Å². The lowest BCUT2D eigenvalue weighted by Gasteiger charge is -2.04. The third-order valence-electron chi connectivity index (χ3n) is 3.83. The predicted molar refractivity (Wildman–Crippen MR) is 108 cm³/mol. The van der Waals surface area contributed by atoms with E-state index in [-0.39, 0.29) is 5.91 Å². The maximum Gasteiger partial charge on any atom is 0.266 e. The highest BCUT2D eigenvalue weighted by molar-refractivity contribution is 7.19. The number of amides is 1. The van der Waals surface area contributed by atoms with Gasteiger partial charge in [-0.25, -0.2) is 4.98 Å². The van der Waals surface area contributed by atoms with Gasteiger partial charge in [-0.1, -0.05) is 47.2 Å². The van der Waals surface area contributed by atoms with Gasteiger partial charge in [0, 0.05) is 23.5 Å². The normalized spacial score (nSPS) is 10.7. The molecule has 1 aromatic carbocycles. The van der Waals surface area contributed by atoms with Crippen LogP contribution in [0.3, 0.4) is 0 Å². The van der Waals surface area contributed by atoms with Gasteiger partial charge in [-0.2, -0.15) is 0 Å². The fourth-order valence-corrected chi connectivity index (χ4v) is 4.09. The Kier molecular flexibility index (Phi) is 4.60. The summed E-state index contributed by atoms with van der Waals surface area (Å²) in [6.07, 6.45) is 3.51. The highest BCUT2D eigenvalue weighted by Crippen LogP contribution is 2.38. The molecule has 1 amide bonds. The van der Waals surface area contributed by atoms with Crippen molar-refractivity contribution in [2.45, 2.75) is 6.92 Å². The molecular weight excluding hydrogens is 362 g/mol. The van der Waals surface area contributed by atoms with Crippen molar-refractivity contribution in [1.82, 2.24) is 9.97 Å². The van der Waals surface area contributed by atoms with Gasteiger partial charge in [0.15, 0.2) is 0 Å². The van der Waals surface area contributed by atoms with Crippen molar-refractivity contribution in [1.29, 1.82) is 0 Å². The van der Waals surface area contributed by atoms with Gasteiger partial charge in [0.05, 0.1) is 4.88 Å². The second kappa shape index (κ2) is 7.19. The van der Waals surface area contributed by atoms with E-state index in [0.29, 0.717) is 4.88 Å². The molecule has 0 unspecified atom stereocenters. The third kappa shape index (κ3) is 3.42. The summed E-state index contributed by atoms with van der Waals surface area (Å²) < 4.78 is 0. The number of aromatic nitrogens is 2. The Bertz CT molecular complexity index is 1020. The van der Waals surface area contributed by atoms with Gasteiger partial charge in [0.25, 0.3) is 5.91 Å². The number of thiazole rings is 1. The molecule has 0 atom stereocenters. The first-order valence-corrected chi connectivity index (χ1v) is 9.73. The number of hydrogen-bond donors (Lipinski definition) is 1. The number of benzene rings is 1. The summed E-state index contributed by atoms with van der Waals surface area (Å²) in [7, 11) is 0. The smallest absolute Gasteiger partial charge is 0.266 e. The van der Waals surface area contributed by atoms with E-state index in [1.807, 2.05) is 60.8 Å². The van der Waals surface area contributed by atoms with Crippen LogP contribution in [0.25, 0.3) is 21.8 Å². The lowest BCUT2D eigenvalue weighted by atomic mass is 10.1. The monoisotopic (exact) mass is 377 g/mol. The first kappa shape index (κ1) is 16.6. The fourth-order valence-electron chi connectivity index (χ4n) is 2.50. The zero-order valence-corrected chi connectivity index (χ0v) is 15.6. The molecule has 0 bridgehead atoms. The molecule has 0 saturated carbocycles. The lowest BCUT2D eigenvalue weighted by Crippen LogP contribution is -2.09. The van der Waals surface area contributed by atoms with Crippen molar-refractivity contribution in [2.24, 2.45) is 0 Å². The van der Waals surface area contributed by atoms with Crippen molar-refractivity contribution < 1.29 is 4.79 Å². The van der Waals surface area contributed by atoms with E-state index in [1.165, 1.54) is 28.2 Å². The zero-order chi connectivity index (χ0) is 17.9. The third-order valence-corrected chi connectivity index (χ3v) is 5.72. The van der Waals surface area contributed by atoms with Crippen molar-refractivity contribution in [3.63, 3.8) is 0 Å². The van der Waals surface area contributed by atoms with E-state index in [2.05, 4.69) is 10.3 Å². The number of nitrogens with zero attached hydrogens (tertiary/aromatic N) is 2. The molecule has 4 rings (SSSR count). The number of anilines is 1. The number of pyridine rings is 1. The topological polar surface area (TPSA) is 54.9 Å². The van der Waals surface area contributed by atoms with Crippen LogP contribution in [0.2, 0.25) is 0 Å². The molecule has 1 N–H and O–H groups in total. The minimum atomic E-state index is -0.116. The number of rotatable bonds is 4. The zero-order valence-electron chi connectivity index (χ0n) is 14.0. The summed E-state index contributed by atoms with van der Waals surface area (Å²) in [6.45, 7) is 2.05. The van der Waals surface area contributed by atoms with Crippen LogP contribution < -0.4 is 5.32 Å². The summed E-state index contributed by atoms with van der Waals surface area (Å²) in [4.78, 5) is 22.2. The van der Waals surface area contributed by atoms with E-state index < -0.39 is 0 Å². The molecule has 3 heterocycles. The minimum Gasteiger partial charge on any atom is -0.311 e. The van der Waals surface area contributed by atoms with Gasteiger partial charge < -0.3 is 5.32 Å². The molecule has 0 fully saturated rings. The molecule has 4 nitrogen and oxygen atoms in total. The van der Waals surface area contributed by atoms with Crippen LogP contribution in [0.1, 0.15) is 15.2 Å². The first-order valence-electron chi connectivity index (χ1n) is 8.04. The van der Waals surface area contributed by atoms with E-state index in [4.69, 9.17) is 4.98 Å². The van der Waals surface area contributed by atoms with Crippen LogP contribution in [0.4, 0.5) is 5.00 Å². The molecule has 0 saturated heterocycles. The quantitative estimate of drug-likeness (QED) is 0.511. The summed E-state index contributed by atoms with van der Waals surface area (Å²) in [6, 6.07) is 15.7. The van der Waals surface area contributed by atoms with Crippen LogP contribution in [0.15, 0.2) is 66.3 Å². The van der Waals surface area contributed by atoms with Gasteiger partial charge in [0.1, 0.15) is 15.7 Å². The van der Waals surface area contributed by atoms with Gasteiger partial charge >= 0.3 is 0 Å². The Hall–Kier alpha value is -2.83. The van der Waals surface area contributed by atoms with Gasteiger partial charge in [-0.05, 0) is 30.5 Å². The fraction of sp³-hybridized carbons (Fsp3) is 0.0500. The highest BCUT2D eigenvalue weighted by atomic mass is 32.1. The Balaban J connectivity index is 1.76. The van der Waals surface area contributed by atoms with Gasteiger partial charge in [-0.15, -0.1) is 11.3 Å². The number of carbonyl (C=O) groups excluding carboxylic acids is 1. The molecule has 4 aromatic rings. The molecule has 0 radical (unpaired) electrons. The molecule has 128 valence electrons. The summed E-state index contributed by atoms with van der Waals surface area (Å²) >= 11 is 2.88. The predicted octanol–water partition coefficient (Wildman–Crippen LogP) is 5.49. The number of aryl methyl sites for hydroxylation is 1. The van der Waals surface area contributed by atoms with E-state index >= 15 is 0 Å². The number of nitrogens with one attached hydrogen (secondary N) is 1.